The number of rotatable bonds is 4. The molecule has 38 heavy (non-hydrogen) atoms. The van der Waals surface area contributed by atoms with Crippen molar-refractivity contribution in [3.05, 3.63) is 101 Å². The molecular weight excluding hydrogens is 493 g/mol. The third-order valence-electron chi connectivity index (χ3n) is 7.51. The molecule has 9 heteroatoms. The summed E-state index contributed by atoms with van der Waals surface area (Å²) in [5.41, 5.74) is -0.868. The summed E-state index contributed by atoms with van der Waals surface area (Å²) in [5.74, 6) is -6.79. The van der Waals surface area contributed by atoms with Gasteiger partial charge >= 0.3 is 17.9 Å². The van der Waals surface area contributed by atoms with Crippen LogP contribution in [0.3, 0.4) is 0 Å². The lowest BCUT2D eigenvalue weighted by molar-refractivity contribution is -0.154. The van der Waals surface area contributed by atoms with E-state index in [2.05, 4.69) is 0 Å². The number of ketones is 2. The van der Waals surface area contributed by atoms with Gasteiger partial charge in [-0.3, -0.25) is 19.2 Å². The van der Waals surface area contributed by atoms with E-state index in [0.29, 0.717) is 11.3 Å². The van der Waals surface area contributed by atoms with E-state index in [0.717, 1.165) is 0 Å². The van der Waals surface area contributed by atoms with Crippen LogP contribution < -0.4 is 4.90 Å². The lowest BCUT2D eigenvalue weighted by Crippen LogP contribution is -2.59. The standard InChI is InChI=1S/C29H20FNO7/c1-2-37-26(34)16-9-13-18(14-10-16)31-23(15-7-11-17(30)12-8-15)21-22(28(36)38-27(21)35)29(31)24(32)19-5-3-4-6-20(19)25(29)33/h3-14,21-23H,2H2,1H3. The van der Waals surface area contributed by atoms with Gasteiger partial charge in [0.15, 0.2) is 17.1 Å². The molecule has 3 unspecified atom stereocenters. The van der Waals surface area contributed by atoms with E-state index in [1.54, 1.807) is 19.1 Å². The molecular formula is C29H20FNO7. The second kappa shape index (κ2) is 8.44. The number of carbonyl (C=O) groups excluding carboxylic acids is 5. The van der Waals surface area contributed by atoms with E-state index in [-0.39, 0.29) is 23.3 Å². The average molecular weight is 513 g/mol. The van der Waals surface area contributed by atoms with Crippen LogP contribution in [0.2, 0.25) is 0 Å². The molecule has 190 valence electrons. The third kappa shape index (κ3) is 3.04. The fraction of sp³-hybridized carbons (Fsp3) is 0.207. The van der Waals surface area contributed by atoms with Gasteiger partial charge in [0.2, 0.25) is 0 Å². The zero-order valence-electron chi connectivity index (χ0n) is 20.1. The quantitative estimate of drug-likeness (QED) is 0.384. The Balaban J connectivity index is 1.61. The van der Waals surface area contributed by atoms with Crippen LogP contribution in [0.5, 0.6) is 0 Å². The molecule has 2 saturated heterocycles. The van der Waals surface area contributed by atoms with Crippen molar-refractivity contribution in [3.8, 4) is 0 Å². The van der Waals surface area contributed by atoms with Gasteiger partial charge < -0.3 is 14.4 Å². The van der Waals surface area contributed by atoms with Crippen LogP contribution in [-0.2, 0) is 19.1 Å². The first kappa shape index (κ1) is 23.7. The maximum absolute atomic E-state index is 14.2. The highest BCUT2D eigenvalue weighted by molar-refractivity contribution is 6.37. The molecule has 1 spiro atoms. The van der Waals surface area contributed by atoms with Gasteiger partial charge in [0.1, 0.15) is 11.7 Å². The van der Waals surface area contributed by atoms with Crippen molar-refractivity contribution in [2.45, 2.75) is 18.5 Å². The molecule has 0 N–H and O–H groups in total. The lowest BCUT2D eigenvalue weighted by Gasteiger charge is -2.39. The van der Waals surface area contributed by atoms with Gasteiger partial charge in [-0.2, -0.15) is 0 Å². The molecule has 0 amide bonds. The van der Waals surface area contributed by atoms with Crippen molar-refractivity contribution in [2.24, 2.45) is 11.8 Å². The van der Waals surface area contributed by atoms with Gasteiger partial charge in [0, 0.05) is 16.8 Å². The summed E-state index contributed by atoms with van der Waals surface area (Å²) in [6.45, 7) is 1.86. The van der Waals surface area contributed by atoms with Crippen LogP contribution in [0.1, 0.15) is 49.6 Å². The minimum Gasteiger partial charge on any atom is -0.462 e. The van der Waals surface area contributed by atoms with E-state index in [9.17, 15) is 28.4 Å². The molecule has 0 aromatic heterocycles. The monoisotopic (exact) mass is 513 g/mol. The van der Waals surface area contributed by atoms with E-state index in [1.807, 2.05) is 0 Å². The lowest BCUT2D eigenvalue weighted by atomic mass is 9.76. The van der Waals surface area contributed by atoms with Crippen LogP contribution >= 0.6 is 0 Å². The van der Waals surface area contributed by atoms with Crippen LogP contribution in [0.25, 0.3) is 0 Å². The number of anilines is 1. The minimum absolute atomic E-state index is 0.135. The first-order chi connectivity index (χ1) is 18.3. The van der Waals surface area contributed by atoms with Crippen molar-refractivity contribution < 1.29 is 37.8 Å². The number of Topliss-reactive ketones (excluding diaryl/α,β-unsaturated/α-hetero) is 2. The molecule has 8 nitrogen and oxygen atoms in total. The second-order valence-corrected chi connectivity index (χ2v) is 9.35. The van der Waals surface area contributed by atoms with E-state index in [4.69, 9.17) is 9.47 Å². The normalized spacial score (nSPS) is 23.0. The Kier molecular flexibility index (Phi) is 5.27. The fourth-order valence-corrected chi connectivity index (χ4v) is 6.03. The molecule has 3 atom stereocenters. The number of nitrogens with zero attached hydrogens (tertiary/aromatic N) is 1. The highest BCUT2D eigenvalue weighted by atomic mass is 19.1. The number of hydrogen-bond donors (Lipinski definition) is 0. The van der Waals surface area contributed by atoms with E-state index < -0.39 is 58.7 Å². The topological polar surface area (TPSA) is 107 Å². The van der Waals surface area contributed by atoms with Gasteiger partial charge in [-0.15, -0.1) is 0 Å². The molecule has 2 aliphatic heterocycles. The summed E-state index contributed by atoms with van der Waals surface area (Å²) in [7, 11) is 0. The molecule has 0 bridgehead atoms. The van der Waals surface area contributed by atoms with Crippen molar-refractivity contribution in [1.29, 1.82) is 0 Å². The van der Waals surface area contributed by atoms with Crippen LogP contribution in [0.15, 0.2) is 72.8 Å². The smallest absolute Gasteiger partial charge is 0.338 e. The fourth-order valence-electron chi connectivity index (χ4n) is 6.03. The Labute approximate surface area is 216 Å². The Morgan fingerprint density at radius 3 is 2.08 bits per heavy atom. The highest BCUT2D eigenvalue weighted by Crippen LogP contribution is 2.59. The van der Waals surface area contributed by atoms with Crippen LogP contribution in [-0.4, -0.2) is 41.6 Å². The molecule has 0 saturated carbocycles. The first-order valence-corrected chi connectivity index (χ1v) is 12.1. The summed E-state index contributed by atoms with van der Waals surface area (Å²) in [6, 6.07) is 16.6. The van der Waals surface area contributed by atoms with Gasteiger partial charge in [-0.1, -0.05) is 36.4 Å². The van der Waals surface area contributed by atoms with Crippen molar-refractivity contribution in [1.82, 2.24) is 0 Å². The predicted molar refractivity (Wildman–Crippen MR) is 130 cm³/mol. The number of esters is 3. The van der Waals surface area contributed by atoms with Crippen LogP contribution in [0, 0.1) is 17.7 Å². The Morgan fingerprint density at radius 2 is 1.50 bits per heavy atom. The molecule has 2 heterocycles. The molecule has 3 aliphatic rings. The second-order valence-electron chi connectivity index (χ2n) is 9.35. The summed E-state index contributed by atoms with van der Waals surface area (Å²) in [5, 5.41) is 0. The largest absolute Gasteiger partial charge is 0.462 e. The Bertz CT molecular complexity index is 1490. The van der Waals surface area contributed by atoms with Gasteiger partial charge in [0.25, 0.3) is 0 Å². The molecule has 3 aromatic rings. The van der Waals surface area contributed by atoms with Crippen molar-refractivity contribution in [2.75, 3.05) is 11.5 Å². The predicted octanol–water partition coefficient (Wildman–Crippen LogP) is 3.70. The summed E-state index contributed by atoms with van der Waals surface area (Å²) >= 11 is 0. The molecule has 1 aliphatic carbocycles. The van der Waals surface area contributed by atoms with Crippen LogP contribution in [0.4, 0.5) is 10.1 Å². The Hall–Kier alpha value is -4.66. The first-order valence-electron chi connectivity index (χ1n) is 12.1. The number of hydrogen-bond acceptors (Lipinski definition) is 8. The van der Waals surface area contributed by atoms with E-state index >= 15 is 0 Å². The number of cyclic esters (lactones) is 2. The third-order valence-corrected chi connectivity index (χ3v) is 7.51. The van der Waals surface area contributed by atoms with Gasteiger partial charge in [-0.25, -0.2) is 9.18 Å². The number of halogens is 1. The van der Waals surface area contributed by atoms with Crippen molar-refractivity contribution in [3.63, 3.8) is 0 Å². The minimum atomic E-state index is -2.11. The molecule has 2 fully saturated rings. The summed E-state index contributed by atoms with van der Waals surface area (Å²) < 4.78 is 23.9. The number of carbonyl (C=O) groups is 5. The van der Waals surface area contributed by atoms with Gasteiger partial charge in [0.05, 0.1) is 24.1 Å². The summed E-state index contributed by atoms with van der Waals surface area (Å²) in [6.07, 6.45) is 0. The number of ether oxygens (including phenoxy) is 2. The van der Waals surface area contributed by atoms with Gasteiger partial charge in [-0.05, 0) is 48.9 Å². The Morgan fingerprint density at radius 1 is 0.895 bits per heavy atom. The SMILES string of the molecule is CCOC(=O)c1ccc(N2C(c3ccc(F)cc3)C3C(=O)OC(=O)C3C23C(=O)c2ccccc2C3=O)cc1. The maximum atomic E-state index is 14.2. The summed E-state index contributed by atoms with van der Waals surface area (Å²) in [4.78, 5) is 68.4. The number of benzene rings is 3. The zero-order chi connectivity index (χ0) is 26.8. The number of fused-ring (bicyclic) bond motifs is 3. The zero-order valence-corrected chi connectivity index (χ0v) is 20.1. The highest BCUT2D eigenvalue weighted by Gasteiger charge is 2.76. The molecule has 6 rings (SSSR count). The molecule has 3 aromatic carbocycles. The average Bonchev–Trinajstić information content (AvgIpc) is 3.48. The maximum Gasteiger partial charge on any atom is 0.338 e. The van der Waals surface area contributed by atoms with Crippen molar-refractivity contribution >= 4 is 35.2 Å². The van der Waals surface area contributed by atoms with E-state index in [1.165, 1.54) is 65.6 Å². The molecule has 0 radical (unpaired) electrons.